The summed E-state index contributed by atoms with van der Waals surface area (Å²) in [6.45, 7) is 4.61. The Morgan fingerprint density at radius 2 is 1.88 bits per heavy atom. The van der Waals surface area contributed by atoms with Crippen LogP contribution in [0, 0.1) is 5.82 Å². The van der Waals surface area contributed by atoms with Crippen LogP contribution in [0.1, 0.15) is 32.4 Å². The Morgan fingerprint density at radius 1 is 1.38 bits per heavy atom. The van der Waals surface area contributed by atoms with Crippen molar-refractivity contribution in [1.82, 2.24) is 5.32 Å². The summed E-state index contributed by atoms with van der Waals surface area (Å²) in [6, 6.07) is 5.61. The molecule has 0 radical (unpaired) electrons. The molecule has 1 atom stereocenters. The predicted molar refractivity (Wildman–Crippen MR) is 59.3 cm³/mol. The van der Waals surface area contributed by atoms with Crippen molar-refractivity contribution in [2.45, 2.75) is 32.4 Å². The predicted octanol–water partition coefficient (Wildman–Crippen LogP) is 1.77. The summed E-state index contributed by atoms with van der Waals surface area (Å²) in [5.74, 6) is -0.769. The van der Waals surface area contributed by atoms with Crippen LogP contribution >= 0.6 is 0 Å². The molecule has 1 aromatic carbocycles. The second-order valence-corrected chi connectivity index (χ2v) is 4.31. The third kappa shape index (κ3) is 3.31. The SMILES string of the molecule is CC(NC(=O)C(C)(C)O)c1ccc(F)cc1. The van der Waals surface area contributed by atoms with Crippen molar-refractivity contribution < 1.29 is 14.3 Å². The number of carbonyl (C=O) groups is 1. The Hall–Kier alpha value is -1.42. The van der Waals surface area contributed by atoms with E-state index in [9.17, 15) is 14.3 Å². The molecule has 4 heteroatoms. The molecule has 0 saturated heterocycles. The summed E-state index contributed by atoms with van der Waals surface area (Å²) >= 11 is 0. The molecule has 0 spiro atoms. The summed E-state index contributed by atoms with van der Waals surface area (Å²) in [7, 11) is 0. The maximum Gasteiger partial charge on any atom is 0.251 e. The number of benzene rings is 1. The van der Waals surface area contributed by atoms with Crippen LogP contribution in [-0.4, -0.2) is 16.6 Å². The van der Waals surface area contributed by atoms with Gasteiger partial charge in [0.05, 0.1) is 6.04 Å². The molecule has 0 bridgehead atoms. The van der Waals surface area contributed by atoms with Crippen LogP contribution in [0.4, 0.5) is 4.39 Å². The first-order valence-corrected chi connectivity index (χ1v) is 5.09. The molecule has 0 fully saturated rings. The number of hydrogen-bond acceptors (Lipinski definition) is 2. The van der Waals surface area contributed by atoms with E-state index in [4.69, 9.17) is 0 Å². The van der Waals surface area contributed by atoms with Crippen LogP contribution in [-0.2, 0) is 4.79 Å². The Bertz CT molecular complexity index is 368. The lowest BCUT2D eigenvalue weighted by Crippen LogP contribution is -2.42. The highest BCUT2D eigenvalue weighted by atomic mass is 19.1. The average molecular weight is 225 g/mol. The van der Waals surface area contributed by atoms with Gasteiger partial charge >= 0.3 is 0 Å². The zero-order chi connectivity index (χ0) is 12.3. The highest BCUT2D eigenvalue weighted by molar-refractivity contribution is 5.84. The summed E-state index contributed by atoms with van der Waals surface area (Å²) in [5.41, 5.74) is -0.618. The zero-order valence-corrected chi connectivity index (χ0v) is 9.62. The van der Waals surface area contributed by atoms with E-state index in [-0.39, 0.29) is 11.9 Å². The van der Waals surface area contributed by atoms with Crippen molar-refractivity contribution in [2.24, 2.45) is 0 Å². The number of halogens is 1. The molecule has 1 rings (SSSR count). The number of amides is 1. The van der Waals surface area contributed by atoms with Crippen molar-refractivity contribution in [3.05, 3.63) is 35.6 Å². The van der Waals surface area contributed by atoms with Crippen molar-refractivity contribution >= 4 is 5.91 Å². The first-order chi connectivity index (χ1) is 7.30. The standard InChI is InChI=1S/C12H16FNO2/c1-8(14-11(15)12(2,3)16)9-4-6-10(13)7-5-9/h4-8,16H,1-3H3,(H,14,15). The van der Waals surface area contributed by atoms with Crippen molar-refractivity contribution in [3.63, 3.8) is 0 Å². The topological polar surface area (TPSA) is 49.3 Å². The molecular formula is C12H16FNO2. The maximum atomic E-state index is 12.7. The summed E-state index contributed by atoms with van der Waals surface area (Å²) in [6.07, 6.45) is 0. The fraction of sp³-hybridized carbons (Fsp3) is 0.417. The molecule has 0 aromatic heterocycles. The number of hydrogen-bond donors (Lipinski definition) is 2. The van der Waals surface area contributed by atoms with Gasteiger partial charge in [-0.05, 0) is 38.5 Å². The minimum absolute atomic E-state index is 0.264. The monoisotopic (exact) mass is 225 g/mol. The third-order valence-electron chi connectivity index (χ3n) is 2.27. The van der Waals surface area contributed by atoms with Crippen LogP contribution < -0.4 is 5.32 Å². The Kier molecular flexibility index (Phi) is 3.65. The van der Waals surface area contributed by atoms with Gasteiger partial charge in [-0.1, -0.05) is 12.1 Å². The van der Waals surface area contributed by atoms with Crippen molar-refractivity contribution in [3.8, 4) is 0 Å². The molecule has 0 aliphatic carbocycles. The van der Waals surface area contributed by atoms with E-state index in [2.05, 4.69) is 5.32 Å². The van der Waals surface area contributed by atoms with Gasteiger partial charge in [-0.15, -0.1) is 0 Å². The molecule has 1 unspecified atom stereocenters. The van der Waals surface area contributed by atoms with Crippen LogP contribution in [0.25, 0.3) is 0 Å². The number of carbonyl (C=O) groups excluding carboxylic acids is 1. The van der Waals surface area contributed by atoms with Crippen LogP contribution in [0.2, 0.25) is 0 Å². The smallest absolute Gasteiger partial charge is 0.251 e. The quantitative estimate of drug-likeness (QED) is 0.823. The highest BCUT2D eigenvalue weighted by Crippen LogP contribution is 2.14. The van der Waals surface area contributed by atoms with Crippen LogP contribution in [0.5, 0.6) is 0 Å². The first kappa shape index (κ1) is 12.6. The van der Waals surface area contributed by atoms with E-state index in [0.29, 0.717) is 0 Å². The number of rotatable bonds is 3. The van der Waals surface area contributed by atoms with E-state index >= 15 is 0 Å². The molecule has 16 heavy (non-hydrogen) atoms. The lowest BCUT2D eigenvalue weighted by Gasteiger charge is -2.21. The molecule has 0 heterocycles. The molecular weight excluding hydrogens is 209 g/mol. The fourth-order valence-electron chi connectivity index (χ4n) is 1.21. The highest BCUT2D eigenvalue weighted by Gasteiger charge is 2.25. The van der Waals surface area contributed by atoms with Gasteiger partial charge in [-0.3, -0.25) is 4.79 Å². The van der Waals surface area contributed by atoms with Gasteiger partial charge < -0.3 is 10.4 Å². The lowest BCUT2D eigenvalue weighted by atomic mass is 10.1. The fourth-order valence-corrected chi connectivity index (χ4v) is 1.21. The van der Waals surface area contributed by atoms with Gasteiger partial charge in [0.1, 0.15) is 11.4 Å². The summed E-state index contributed by atoms with van der Waals surface area (Å²) < 4.78 is 12.7. The normalized spacial score (nSPS) is 13.3. The van der Waals surface area contributed by atoms with Crippen molar-refractivity contribution in [1.29, 1.82) is 0 Å². The van der Waals surface area contributed by atoms with Crippen LogP contribution in [0.3, 0.4) is 0 Å². The first-order valence-electron chi connectivity index (χ1n) is 5.09. The molecule has 0 saturated carbocycles. The zero-order valence-electron chi connectivity index (χ0n) is 9.62. The molecule has 2 N–H and O–H groups in total. The third-order valence-corrected chi connectivity index (χ3v) is 2.27. The molecule has 1 aromatic rings. The van der Waals surface area contributed by atoms with Gasteiger partial charge in [0, 0.05) is 0 Å². The molecule has 3 nitrogen and oxygen atoms in total. The molecule has 0 aliphatic rings. The van der Waals surface area contributed by atoms with E-state index in [1.54, 1.807) is 19.1 Å². The van der Waals surface area contributed by atoms with Gasteiger partial charge in [0.25, 0.3) is 5.91 Å². The van der Waals surface area contributed by atoms with Crippen LogP contribution in [0.15, 0.2) is 24.3 Å². The second-order valence-electron chi connectivity index (χ2n) is 4.31. The number of nitrogens with one attached hydrogen (secondary N) is 1. The summed E-state index contributed by atoms with van der Waals surface area (Å²) in [4.78, 5) is 11.5. The summed E-state index contributed by atoms with van der Waals surface area (Å²) in [5, 5.41) is 12.1. The Balaban J connectivity index is 2.69. The van der Waals surface area contributed by atoms with E-state index in [0.717, 1.165) is 5.56 Å². The minimum Gasteiger partial charge on any atom is -0.381 e. The molecule has 0 aliphatic heterocycles. The molecule has 88 valence electrons. The average Bonchev–Trinajstić information content (AvgIpc) is 2.17. The van der Waals surface area contributed by atoms with Gasteiger partial charge in [-0.25, -0.2) is 4.39 Å². The van der Waals surface area contributed by atoms with E-state index in [1.165, 1.54) is 26.0 Å². The Morgan fingerprint density at radius 3 is 2.31 bits per heavy atom. The largest absolute Gasteiger partial charge is 0.381 e. The van der Waals surface area contributed by atoms with Gasteiger partial charge in [-0.2, -0.15) is 0 Å². The van der Waals surface area contributed by atoms with Gasteiger partial charge in [0.2, 0.25) is 0 Å². The lowest BCUT2D eigenvalue weighted by molar-refractivity contribution is -0.137. The van der Waals surface area contributed by atoms with E-state index in [1.807, 2.05) is 0 Å². The number of aliphatic hydroxyl groups is 1. The molecule has 1 amide bonds. The Labute approximate surface area is 94.3 Å². The second kappa shape index (κ2) is 4.61. The maximum absolute atomic E-state index is 12.7. The van der Waals surface area contributed by atoms with E-state index < -0.39 is 11.5 Å². The van der Waals surface area contributed by atoms with Crippen molar-refractivity contribution in [2.75, 3.05) is 0 Å². The van der Waals surface area contributed by atoms with Gasteiger partial charge in [0.15, 0.2) is 0 Å². The minimum atomic E-state index is -1.41.